The van der Waals surface area contributed by atoms with Crippen molar-refractivity contribution in [3.05, 3.63) is 34.8 Å². The maximum Gasteiger partial charge on any atom is 0.179 e. The second-order valence-corrected chi connectivity index (χ2v) is 5.84. The van der Waals surface area contributed by atoms with E-state index in [9.17, 15) is 5.11 Å². The number of para-hydroxylation sites is 1. The first-order chi connectivity index (χ1) is 9.71. The van der Waals surface area contributed by atoms with Crippen LogP contribution in [0.25, 0.3) is 5.57 Å². The van der Waals surface area contributed by atoms with Crippen LogP contribution in [0, 0.1) is 0 Å². The Morgan fingerprint density at radius 1 is 1.00 bits per heavy atom. The Kier molecular flexibility index (Phi) is 7.10. The van der Waals surface area contributed by atoms with Gasteiger partial charge in [0.2, 0.25) is 0 Å². The lowest BCUT2D eigenvalue weighted by Crippen LogP contribution is -2.28. The van der Waals surface area contributed by atoms with Gasteiger partial charge in [0, 0.05) is 11.6 Å². The molecule has 0 bridgehead atoms. The maximum absolute atomic E-state index is 11.0. The number of unbranched alkanes of at least 4 members (excludes halogenated alkanes) is 4. The first-order valence-electron chi connectivity index (χ1n) is 8.12. The fraction of sp³-hybridized carbons (Fsp3) is 0.632. The average Bonchev–Trinajstić information content (AvgIpc) is 2.72. The molecule has 1 heterocycles. The number of nitrogens with zero attached hydrogens (tertiary/aromatic N) is 1. The number of rotatable bonds is 8. The summed E-state index contributed by atoms with van der Waals surface area (Å²) >= 11 is 0. The first kappa shape index (κ1) is 17.9. The molecule has 0 amide bonds. The Labute approximate surface area is 129 Å². The summed E-state index contributed by atoms with van der Waals surface area (Å²) in [6.45, 7) is 4.40. The molecular formula is C19H31NO. The fourth-order valence-electron chi connectivity index (χ4n) is 3.02. The summed E-state index contributed by atoms with van der Waals surface area (Å²) in [4.78, 5) is 4.63. The Morgan fingerprint density at radius 2 is 1.67 bits per heavy atom. The standard InChI is InChI=1S/C18H27NO.CH4/c1-3-5-7-12-16-15-11-8-9-13-17(15)19-18(16,20)14-10-6-4-2;/h8-9,11,13,20H,3-7,10,12,14H2,1-2H3;1H4. The van der Waals surface area contributed by atoms with E-state index in [1.54, 1.807) is 0 Å². The number of benzene rings is 1. The molecule has 1 aliphatic rings. The van der Waals surface area contributed by atoms with Gasteiger partial charge in [-0.1, -0.05) is 65.2 Å². The molecule has 0 spiro atoms. The zero-order chi connectivity index (χ0) is 14.4. The van der Waals surface area contributed by atoms with Crippen molar-refractivity contribution in [1.82, 2.24) is 0 Å². The lowest BCUT2D eigenvalue weighted by molar-refractivity contribution is 0.0937. The molecule has 1 aromatic rings. The summed E-state index contributed by atoms with van der Waals surface area (Å²) in [5.74, 6) is 0. The molecular weight excluding hydrogens is 258 g/mol. The topological polar surface area (TPSA) is 32.6 Å². The fourth-order valence-corrected chi connectivity index (χ4v) is 3.02. The largest absolute Gasteiger partial charge is 0.366 e. The van der Waals surface area contributed by atoms with Crippen molar-refractivity contribution in [2.75, 3.05) is 0 Å². The van der Waals surface area contributed by atoms with E-state index in [0.717, 1.165) is 43.0 Å². The molecule has 1 N–H and O–H groups in total. The summed E-state index contributed by atoms with van der Waals surface area (Å²) in [5.41, 5.74) is 0.213. The normalized spacial score (nSPS) is 19.9. The van der Waals surface area contributed by atoms with Gasteiger partial charge < -0.3 is 5.11 Å². The van der Waals surface area contributed by atoms with Gasteiger partial charge in [-0.05, 0) is 30.9 Å². The minimum absolute atomic E-state index is 0. The molecule has 0 saturated heterocycles. The molecule has 1 aliphatic heterocycles. The molecule has 2 heteroatoms. The first-order valence-corrected chi connectivity index (χ1v) is 8.12. The van der Waals surface area contributed by atoms with E-state index in [1.165, 1.54) is 24.5 Å². The van der Waals surface area contributed by atoms with Gasteiger partial charge in [0.05, 0.1) is 5.36 Å². The van der Waals surface area contributed by atoms with Crippen molar-refractivity contribution in [2.45, 2.75) is 78.4 Å². The Bertz CT molecular complexity index is 549. The summed E-state index contributed by atoms with van der Waals surface area (Å²) in [5, 5.41) is 13.1. The van der Waals surface area contributed by atoms with Gasteiger partial charge in [-0.25, -0.2) is 4.99 Å². The lowest BCUT2D eigenvalue weighted by atomic mass is 9.92. The summed E-state index contributed by atoms with van der Waals surface area (Å²) in [6.07, 6.45) is 8.68. The molecule has 0 fully saturated rings. The van der Waals surface area contributed by atoms with Crippen LogP contribution < -0.4 is 10.6 Å². The number of fused-ring (bicyclic) bond motifs is 1. The predicted octanol–water partition coefficient (Wildman–Crippen LogP) is 3.96. The van der Waals surface area contributed by atoms with Gasteiger partial charge in [-0.15, -0.1) is 0 Å². The van der Waals surface area contributed by atoms with Crippen LogP contribution in [0.1, 0.15) is 72.6 Å². The van der Waals surface area contributed by atoms with Gasteiger partial charge in [0.1, 0.15) is 0 Å². The molecule has 0 radical (unpaired) electrons. The molecule has 0 aliphatic carbocycles. The Hall–Kier alpha value is -1.15. The van der Waals surface area contributed by atoms with Crippen molar-refractivity contribution >= 4 is 5.57 Å². The SMILES string of the molecule is C.CCCCCC1=c2ccccc2=NC1(O)CCCCC. The van der Waals surface area contributed by atoms with Crippen LogP contribution in [0.4, 0.5) is 0 Å². The third-order valence-corrected chi connectivity index (χ3v) is 4.18. The van der Waals surface area contributed by atoms with Crippen LogP contribution >= 0.6 is 0 Å². The molecule has 0 saturated carbocycles. The highest BCUT2D eigenvalue weighted by atomic mass is 16.3. The van der Waals surface area contributed by atoms with Crippen LogP contribution in [-0.2, 0) is 0 Å². The quantitative estimate of drug-likeness (QED) is 0.722. The Balaban J connectivity index is 0.00000220. The van der Waals surface area contributed by atoms with Gasteiger partial charge in [0.25, 0.3) is 0 Å². The molecule has 118 valence electrons. The zero-order valence-corrected chi connectivity index (χ0v) is 12.9. The van der Waals surface area contributed by atoms with E-state index in [0.29, 0.717) is 0 Å². The van der Waals surface area contributed by atoms with Crippen LogP contribution in [0.15, 0.2) is 29.3 Å². The lowest BCUT2D eigenvalue weighted by Gasteiger charge is -2.24. The van der Waals surface area contributed by atoms with Crippen molar-refractivity contribution in [2.24, 2.45) is 4.99 Å². The van der Waals surface area contributed by atoms with E-state index in [-0.39, 0.29) is 7.43 Å². The van der Waals surface area contributed by atoms with E-state index in [4.69, 9.17) is 0 Å². The molecule has 2 nitrogen and oxygen atoms in total. The van der Waals surface area contributed by atoms with E-state index in [2.05, 4.69) is 24.9 Å². The highest BCUT2D eigenvalue weighted by Crippen LogP contribution is 2.31. The van der Waals surface area contributed by atoms with Crippen molar-refractivity contribution in [3.63, 3.8) is 0 Å². The monoisotopic (exact) mass is 289 g/mol. The summed E-state index contributed by atoms with van der Waals surface area (Å²) in [6, 6.07) is 8.18. The third-order valence-electron chi connectivity index (χ3n) is 4.18. The van der Waals surface area contributed by atoms with Gasteiger partial charge in [0.15, 0.2) is 5.72 Å². The molecule has 2 rings (SSSR count). The van der Waals surface area contributed by atoms with Crippen molar-refractivity contribution in [3.8, 4) is 0 Å². The predicted molar refractivity (Wildman–Crippen MR) is 90.6 cm³/mol. The van der Waals surface area contributed by atoms with E-state index < -0.39 is 5.72 Å². The zero-order valence-electron chi connectivity index (χ0n) is 12.9. The van der Waals surface area contributed by atoms with E-state index >= 15 is 0 Å². The van der Waals surface area contributed by atoms with Crippen molar-refractivity contribution in [1.29, 1.82) is 0 Å². The molecule has 1 aromatic carbocycles. The highest BCUT2D eigenvalue weighted by Gasteiger charge is 2.33. The van der Waals surface area contributed by atoms with Crippen LogP contribution in [0.2, 0.25) is 0 Å². The smallest absolute Gasteiger partial charge is 0.179 e. The summed E-state index contributed by atoms with van der Waals surface area (Å²) < 4.78 is 0. The van der Waals surface area contributed by atoms with Gasteiger partial charge >= 0.3 is 0 Å². The van der Waals surface area contributed by atoms with Gasteiger partial charge in [-0.2, -0.15) is 0 Å². The number of hydrogen-bond donors (Lipinski definition) is 1. The van der Waals surface area contributed by atoms with Crippen LogP contribution in [0.5, 0.6) is 0 Å². The third kappa shape index (κ3) is 4.16. The van der Waals surface area contributed by atoms with Crippen molar-refractivity contribution < 1.29 is 5.11 Å². The average molecular weight is 289 g/mol. The second kappa shape index (κ2) is 8.33. The minimum atomic E-state index is -0.938. The Morgan fingerprint density at radius 3 is 2.38 bits per heavy atom. The minimum Gasteiger partial charge on any atom is -0.366 e. The van der Waals surface area contributed by atoms with Crippen LogP contribution in [0.3, 0.4) is 0 Å². The molecule has 0 aromatic heterocycles. The number of aliphatic hydroxyl groups is 1. The van der Waals surface area contributed by atoms with E-state index in [1.807, 2.05) is 18.2 Å². The molecule has 21 heavy (non-hydrogen) atoms. The van der Waals surface area contributed by atoms with Gasteiger partial charge in [-0.3, -0.25) is 0 Å². The van der Waals surface area contributed by atoms with Crippen LogP contribution in [-0.4, -0.2) is 10.8 Å². The second-order valence-electron chi connectivity index (χ2n) is 5.84. The highest BCUT2D eigenvalue weighted by molar-refractivity contribution is 5.56. The number of hydrogen-bond acceptors (Lipinski definition) is 2. The maximum atomic E-state index is 11.0. The molecule has 1 unspecified atom stereocenters. The summed E-state index contributed by atoms with van der Waals surface area (Å²) in [7, 11) is 0. The molecule has 1 atom stereocenters.